The van der Waals surface area contributed by atoms with Gasteiger partial charge in [0.05, 0.1) is 24.5 Å². The molecular formula is C27H36N6O. The van der Waals surface area contributed by atoms with E-state index >= 15 is 0 Å². The van der Waals surface area contributed by atoms with Crippen molar-refractivity contribution in [1.82, 2.24) is 25.4 Å². The third-order valence-electron chi connectivity index (χ3n) is 5.82. The molecular weight excluding hydrogens is 424 g/mol. The van der Waals surface area contributed by atoms with E-state index in [1.807, 2.05) is 57.4 Å². The van der Waals surface area contributed by atoms with E-state index in [4.69, 9.17) is 4.74 Å². The number of H-pyrrole nitrogens is 1. The van der Waals surface area contributed by atoms with Crippen molar-refractivity contribution in [2.24, 2.45) is 0 Å². The van der Waals surface area contributed by atoms with E-state index in [1.54, 1.807) is 13.3 Å². The number of pyridine rings is 1. The molecule has 180 valence electrons. The average molecular weight is 461 g/mol. The largest absolute Gasteiger partial charge is 0.481 e. The quantitative estimate of drug-likeness (QED) is 0.322. The van der Waals surface area contributed by atoms with E-state index in [2.05, 4.69) is 36.8 Å². The van der Waals surface area contributed by atoms with Gasteiger partial charge in [-0.25, -0.2) is 4.98 Å². The molecule has 1 fully saturated rings. The number of hydrogen-bond acceptors (Lipinski definition) is 6. The van der Waals surface area contributed by atoms with E-state index < -0.39 is 0 Å². The summed E-state index contributed by atoms with van der Waals surface area (Å²) in [6.07, 6.45) is 14.0. The Morgan fingerprint density at radius 2 is 1.53 bits per heavy atom. The molecule has 1 aliphatic carbocycles. The summed E-state index contributed by atoms with van der Waals surface area (Å²) in [7, 11) is 3.42. The number of methoxy groups -OCH3 is 1. The van der Waals surface area contributed by atoms with E-state index in [-0.39, 0.29) is 0 Å². The number of hydrogen-bond donors (Lipinski definition) is 2. The zero-order valence-electron chi connectivity index (χ0n) is 20.8. The van der Waals surface area contributed by atoms with Crippen LogP contribution in [0.2, 0.25) is 0 Å². The van der Waals surface area contributed by atoms with Gasteiger partial charge in [-0.3, -0.25) is 5.10 Å². The minimum atomic E-state index is 0.576. The van der Waals surface area contributed by atoms with E-state index in [9.17, 15) is 0 Å². The number of aromatic nitrogens is 5. The molecule has 0 aliphatic heterocycles. The highest BCUT2D eigenvalue weighted by Crippen LogP contribution is 2.34. The summed E-state index contributed by atoms with van der Waals surface area (Å²) in [6.45, 7) is 4.00. The van der Waals surface area contributed by atoms with Crippen LogP contribution in [0.4, 0.5) is 5.82 Å². The van der Waals surface area contributed by atoms with Crippen LogP contribution >= 0.6 is 0 Å². The van der Waals surface area contributed by atoms with Gasteiger partial charge in [-0.05, 0) is 35.4 Å². The third-order valence-corrected chi connectivity index (χ3v) is 5.82. The van der Waals surface area contributed by atoms with Crippen LogP contribution in [-0.4, -0.2) is 39.5 Å². The van der Waals surface area contributed by atoms with Crippen LogP contribution in [0.5, 0.6) is 5.88 Å². The zero-order chi connectivity index (χ0) is 24.2. The number of aromatic amines is 1. The van der Waals surface area contributed by atoms with Crippen molar-refractivity contribution in [1.29, 1.82) is 0 Å². The van der Waals surface area contributed by atoms with Crippen molar-refractivity contribution >= 4 is 16.7 Å². The van der Waals surface area contributed by atoms with Crippen molar-refractivity contribution in [3.63, 3.8) is 0 Å². The molecule has 0 radical (unpaired) electrons. The van der Waals surface area contributed by atoms with Crippen LogP contribution in [0.25, 0.3) is 33.3 Å². The molecule has 0 saturated heterocycles. The van der Waals surface area contributed by atoms with Gasteiger partial charge >= 0.3 is 0 Å². The van der Waals surface area contributed by atoms with Crippen molar-refractivity contribution in [3.8, 4) is 28.3 Å². The Labute approximate surface area is 202 Å². The van der Waals surface area contributed by atoms with Crippen molar-refractivity contribution in [2.75, 3.05) is 19.5 Å². The lowest BCUT2D eigenvalue weighted by atomic mass is 9.99. The van der Waals surface area contributed by atoms with Gasteiger partial charge in [-0.15, -0.1) is 10.2 Å². The van der Waals surface area contributed by atoms with Gasteiger partial charge in [0.1, 0.15) is 5.82 Å². The van der Waals surface area contributed by atoms with Crippen molar-refractivity contribution < 1.29 is 4.74 Å². The van der Waals surface area contributed by atoms with Crippen LogP contribution in [0.15, 0.2) is 48.8 Å². The first-order chi connectivity index (χ1) is 16.8. The Kier molecular flexibility index (Phi) is 9.82. The molecule has 1 aromatic carbocycles. The van der Waals surface area contributed by atoms with Gasteiger partial charge in [-0.2, -0.15) is 5.10 Å². The average Bonchev–Trinajstić information content (AvgIpc) is 3.21. The molecule has 7 heteroatoms. The third kappa shape index (κ3) is 6.31. The second-order valence-electron chi connectivity index (χ2n) is 7.93. The monoisotopic (exact) mass is 460 g/mol. The fourth-order valence-corrected chi connectivity index (χ4v) is 4.04. The first kappa shape index (κ1) is 25.1. The molecule has 3 heterocycles. The van der Waals surface area contributed by atoms with Gasteiger partial charge in [0.25, 0.3) is 0 Å². The highest BCUT2D eigenvalue weighted by Gasteiger charge is 2.13. The highest BCUT2D eigenvalue weighted by molar-refractivity contribution is 6.02. The maximum absolute atomic E-state index is 5.23. The van der Waals surface area contributed by atoms with Crippen LogP contribution in [0, 0.1) is 0 Å². The molecule has 2 N–H and O–H groups in total. The van der Waals surface area contributed by atoms with Gasteiger partial charge in [-0.1, -0.05) is 64.9 Å². The molecule has 1 aliphatic rings. The normalized spacial score (nSPS) is 13.1. The lowest BCUT2D eigenvalue weighted by Gasteiger charge is -2.08. The minimum absolute atomic E-state index is 0.576. The van der Waals surface area contributed by atoms with Crippen LogP contribution in [0.3, 0.4) is 0 Å². The lowest BCUT2D eigenvalue weighted by molar-refractivity contribution is 0.398. The Hall–Kier alpha value is -3.48. The molecule has 0 spiro atoms. The number of nitrogens with one attached hydrogen (secondary N) is 2. The van der Waals surface area contributed by atoms with E-state index in [1.165, 1.54) is 44.9 Å². The fourth-order valence-electron chi connectivity index (χ4n) is 4.04. The molecule has 4 aromatic rings. The predicted molar refractivity (Wildman–Crippen MR) is 140 cm³/mol. The zero-order valence-corrected chi connectivity index (χ0v) is 20.8. The fraction of sp³-hybridized carbons (Fsp3) is 0.407. The summed E-state index contributed by atoms with van der Waals surface area (Å²) in [5.41, 5.74) is 4.72. The molecule has 34 heavy (non-hydrogen) atoms. The number of rotatable bonds is 4. The molecule has 7 nitrogen and oxygen atoms in total. The van der Waals surface area contributed by atoms with Crippen LogP contribution < -0.4 is 10.1 Å². The van der Waals surface area contributed by atoms with E-state index in [0.717, 1.165) is 39.1 Å². The smallest absolute Gasteiger partial charge is 0.213 e. The molecule has 0 amide bonds. The molecule has 0 bridgehead atoms. The molecule has 1 saturated carbocycles. The lowest BCUT2D eigenvalue weighted by Crippen LogP contribution is -1.95. The van der Waals surface area contributed by atoms with Gasteiger partial charge in [0, 0.05) is 30.3 Å². The first-order valence-corrected chi connectivity index (χ1v) is 12.3. The number of nitrogens with zero attached hydrogens (tertiary/aromatic N) is 4. The Bertz CT molecular complexity index is 1120. The van der Waals surface area contributed by atoms with Crippen molar-refractivity contribution in [2.45, 2.75) is 58.8 Å². The Morgan fingerprint density at radius 3 is 2.12 bits per heavy atom. The van der Waals surface area contributed by atoms with Gasteiger partial charge in [0.15, 0.2) is 0 Å². The van der Waals surface area contributed by atoms with Crippen LogP contribution in [0.1, 0.15) is 58.8 Å². The second-order valence-corrected chi connectivity index (χ2v) is 7.93. The summed E-state index contributed by atoms with van der Waals surface area (Å²) in [6, 6.07) is 11.8. The maximum atomic E-state index is 5.23. The standard InChI is InChI=1S/C18H16N6O.C7H14.C2H6/c1-19-16-6-5-15(22-23-16)13-4-3-12(14-10-21-24-18(13)14)11-7-8-20-17(9-11)25-2;1-2-4-6-7-5-3-1;1-2/h3-10H,1-2H3,(H,19,23)(H,21,24);1-7H2;1-2H3. The number of fused-ring (bicyclic) bond motifs is 1. The first-order valence-electron chi connectivity index (χ1n) is 12.3. The predicted octanol–water partition coefficient (Wildman–Crippen LogP) is 6.89. The molecule has 3 aromatic heterocycles. The van der Waals surface area contributed by atoms with Gasteiger partial charge in [0.2, 0.25) is 5.88 Å². The molecule has 5 rings (SSSR count). The number of ether oxygens (including phenoxy) is 1. The summed E-state index contributed by atoms with van der Waals surface area (Å²) in [5.74, 6) is 1.30. The summed E-state index contributed by atoms with van der Waals surface area (Å²) in [4.78, 5) is 4.16. The molecule has 0 atom stereocenters. The summed E-state index contributed by atoms with van der Waals surface area (Å²) >= 11 is 0. The second kappa shape index (κ2) is 13.3. The van der Waals surface area contributed by atoms with Crippen molar-refractivity contribution in [3.05, 3.63) is 48.8 Å². The number of anilines is 1. The van der Waals surface area contributed by atoms with E-state index in [0.29, 0.717) is 5.88 Å². The SMILES string of the molecule is C1CCCCCC1.CC.CNc1ccc(-c2ccc(-c3ccnc(OC)c3)c3cn[nH]c23)nn1. The Morgan fingerprint density at radius 1 is 0.853 bits per heavy atom. The Balaban J connectivity index is 0.000000306. The highest BCUT2D eigenvalue weighted by atomic mass is 16.5. The van der Waals surface area contributed by atoms with Gasteiger partial charge < -0.3 is 10.1 Å². The minimum Gasteiger partial charge on any atom is -0.481 e. The maximum Gasteiger partial charge on any atom is 0.213 e. The molecule has 0 unspecified atom stereocenters. The summed E-state index contributed by atoms with van der Waals surface area (Å²) < 4.78 is 5.23. The topological polar surface area (TPSA) is 88.6 Å². The van der Waals surface area contributed by atoms with Crippen LogP contribution in [-0.2, 0) is 0 Å². The summed E-state index contributed by atoms with van der Waals surface area (Å²) in [5, 5.41) is 19.7. The number of benzene rings is 1.